The van der Waals surface area contributed by atoms with E-state index in [0.717, 1.165) is 5.82 Å². The van der Waals surface area contributed by atoms with Crippen LogP contribution < -0.4 is 20.9 Å². The van der Waals surface area contributed by atoms with E-state index in [1.807, 2.05) is 19.0 Å². The number of anilines is 2. The van der Waals surface area contributed by atoms with Crippen molar-refractivity contribution in [3.05, 3.63) is 52.1 Å². The zero-order chi connectivity index (χ0) is 19.1. The molecule has 0 fully saturated rings. The van der Waals surface area contributed by atoms with Crippen molar-refractivity contribution < 1.29 is 9.59 Å². The number of nitrogens with one attached hydrogen (secondary N) is 3. The maximum Gasteiger partial charge on any atom is 0.319 e. The van der Waals surface area contributed by atoms with Gasteiger partial charge in [0.15, 0.2) is 0 Å². The Labute approximate surface area is 161 Å². The Kier molecular flexibility index (Phi) is 7.06. The molecule has 2 aromatic rings. The Hall–Kier alpha value is -2.51. The number of hydrogen-bond acceptors (Lipinski definition) is 4. The number of nitrogens with zero attached hydrogens (tertiary/aromatic N) is 2. The van der Waals surface area contributed by atoms with Crippen LogP contribution in [0.25, 0.3) is 0 Å². The predicted octanol–water partition coefficient (Wildman–Crippen LogP) is 3.01. The molecule has 0 aliphatic rings. The first-order valence-corrected chi connectivity index (χ1v) is 8.54. The van der Waals surface area contributed by atoms with Crippen molar-refractivity contribution in [2.75, 3.05) is 37.4 Å². The first kappa shape index (κ1) is 19.8. The molecule has 0 aliphatic heterocycles. The van der Waals surface area contributed by atoms with Gasteiger partial charge in [0, 0.05) is 32.7 Å². The highest BCUT2D eigenvalue weighted by molar-refractivity contribution is 6.42. The summed E-state index contributed by atoms with van der Waals surface area (Å²) in [6.45, 7) is 0.534. The summed E-state index contributed by atoms with van der Waals surface area (Å²) in [5.74, 6) is 0.496. The Morgan fingerprint density at radius 2 is 1.77 bits per heavy atom. The quantitative estimate of drug-likeness (QED) is 0.656. The highest BCUT2D eigenvalue weighted by Crippen LogP contribution is 2.22. The van der Waals surface area contributed by atoms with Crippen molar-refractivity contribution in [3.63, 3.8) is 0 Å². The van der Waals surface area contributed by atoms with Crippen LogP contribution in [0.15, 0.2) is 36.5 Å². The summed E-state index contributed by atoms with van der Waals surface area (Å²) in [7, 11) is 3.77. The second-order valence-corrected chi connectivity index (χ2v) is 6.38. The number of carbonyl (C=O) groups is 2. The molecule has 2 rings (SSSR count). The highest BCUT2D eigenvalue weighted by Gasteiger charge is 2.08. The van der Waals surface area contributed by atoms with Gasteiger partial charge in [-0.2, -0.15) is 0 Å². The maximum absolute atomic E-state index is 12.0. The largest absolute Gasteiger partial charge is 0.363 e. The Morgan fingerprint density at radius 1 is 1.04 bits per heavy atom. The SMILES string of the molecule is CN(C)c1ccc(NC(=O)NCCNC(=O)c2ccc(Cl)c(Cl)c2)cn1. The van der Waals surface area contributed by atoms with Gasteiger partial charge >= 0.3 is 6.03 Å². The van der Waals surface area contributed by atoms with Gasteiger partial charge in [0.2, 0.25) is 0 Å². The molecule has 3 amide bonds. The zero-order valence-electron chi connectivity index (χ0n) is 14.3. The second kappa shape index (κ2) is 9.26. The number of benzene rings is 1. The molecule has 1 aromatic carbocycles. The van der Waals surface area contributed by atoms with E-state index in [9.17, 15) is 9.59 Å². The number of aromatic nitrogens is 1. The molecule has 1 aromatic heterocycles. The summed E-state index contributed by atoms with van der Waals surface area (Å²) in [6.07, 6.45) is 1.57. The van der Waals surface area contributed by atoms with Crippen LogP contribution in [-0.4, -0.2) is 44.1 Å². The van der Waals surface area contributed by atoms with Crippen LogP contribution in [0.3, 0.4) is 0 Å². The topological polar surface area (TPSA) is 86.4 Å². The van der Waals surface area contributed by atoms with Crippen LogP contribution >= 0.6 is 23.2 Å². The minimum Gasteiger partial charge on any atom is -0.363 e. The summed E-state index contributed by atoms with van der Waals surface area (Å²) in [5.41, 5.74) is 0.976. The predicted molar refractivity (Wildman–Crippen MR) is 104 cm³/mol. The lowest BCUT2D eigenvalue weighted by molar-refractivity contribution is 0.0954. The van der Waals surface area contributed by atoms with Gasteiger partial charge in [-0.05, 0) is 30.3 Å². The van der Waals surface area contributed by atoms with Crippen LogP contribution in [0.1, 0.15) is 10.4 Å². The first-order valence-electron chi connectivity index (χ1n) is 7.78. The smallest absolute Gasteiger partial charge is 0.319 e. The number of amides is 3. The summed E-state index contributed by atoms with van der Waals surface area (Å²) >= 11 is 11.7. The molecule has 7 nitrogen and oxygen atoms in total. The fourth-order valence-corrected chi connectivity index (χ4v) is 2.29. The Morgan fingerprint density at radius 3 is 2.38 bits per heavy atom. The summed E-state index contributed by atoms with van der Waals surface area (Å²) < 4.78 is 0. The van der Waals surface area contributed by atoms with E-state index >= 15 is 0 Å². The number of urea groups is 1. The average Bonchev–Trinajstić information content (AvgIpc) is 2.61. The van der Waals surface area contributed by atoms with Gasteiger partial charge in [0.05, 0.1) is 21.9 Å². The molecule has 3 N–H and O–H groups in total. The van der Waals surface area contributed by atoms with Crippen molar-refractivity contribution in [1.29, 1.82) is 0 Å². The Bertz CT molecular complexity index is 781. The van der Waals surface area contributed by atoms with E-state index in [1.54, 1.807) is 30.5 Å². The number of hydrogen-bond donors (Lipinski definition) is 3. The summed E-state index contributed by atoms with van der Waals surface area (Å²) in [4.78, 5) is 29.9. The van der Waals surface area contributed by atoms with Gasteiger partial charge in [-0.25, -0.2) is 9.78 Å². The van der Waals surface area contributed by atoms with Gasteiger partial charge in [0.1, 0.15) is 5.82 Å². The van der Waals surface area contributed by atoms with E-state index in [0.29, 0.717) is 21.3 Å². The molecule has 0 aliphatic carbocycles. The number of carbonyl (C=O) groups excluding carboxylic acids is 2. The molecule has 0 unspecified atom stereocenters. The summed E-state index contributed by atoms with van der Waals surface area (Å²) in [6, 6.07) is 7.80. The molecule has 0 bridgehead atoms. The minimum absolute atomic E-state index is 0.266. The van der Waals surface area contributed by atoms with E-state index in [2.05, 4.69) is 20.9 Å². The molecular weight excluding hydrogens is 377 g/mol. The molecule has 0 radical (unpaired) electrons. The molecule has 9 heteroatoms. The van der Waals surface area contributed by atoms with Gasteiger partial charge in [-0.15, -0.1) is 0 Å². The van der Waals surface area contributed by atoms with Crippen molar-refractivity contribution in [1.82, 2.24) is 15.6 Å². The second-order valence-electron chi connectivity index (χ2n) is 5.57. The van der Waals surface area contributed by atoms with E-state index in [1.165, 1.54) is 6.07 Å². The van der Waals surface area contributed by atoms with Gasteiger partial charge < -0.3 is 20.9 Å². The van der Waals surface area contributed by atoms with Crippen molar-refractivity contribution in [3.8, 4) is 0 Å². The van der Waals surface area contributed by atoms with E-state index in [-0.39, 0.29) is 25.0 Å². The number of rotatable bonds is 6. The van der Waals surface area contributed by atoms with Crippen LogP contribution in [0.2, 0.25) is 10.0 Å². The molecule has 0 saturated heterocycles. The molecular formula is C17H19Cl2N5O2. The fourth-order valence-electron chi connectivity index (χ4n) is 1.99. The highest BCUT2D eigenvalue weighted by atomic mass is 35.5. The van der Waals surface area contributed by atoms with Crippen LogP contribution in [-0.2, 0) is 0 Å². The Balaban J connectivity index is 1.72. The zero-order valence-corrected chi connectivity index (χ0v) is 15.9. The summed E-state index contributed by atoms with van der Waals surface area (Å²) in [5, 5.41) is 8.69. The van der Waals surface area contributed by atoms with Crippen molar-refractivity contribution >= 4 is 46.6 Å². The fraction of sp³-hybridized carbons (Fsp3) is 0.235. The molecule has 0 spiro atoms. The number of halogens is 2. The molecule has 0 atom stereocenters. The minimum atomic E-state index is -0.381. The maximum atomic E-state index is 12.0. The monoisotopic (exact) mass is 395 g/mol. The van der Waals surface area contributed by atoms with Crippen LogP contribution in [0.4, 0.5) is 16.3 Å². The lowest BCUT2D eigenvalue weighted by Gasteiger charge is -2.12. The van der Waals surface area contributed by atoms with Gasteiger partial charge in [-0.1, -0.05) is 23.2 Å². The van der Waals surface area contributed by atoms with E-state index < -0.39 is 0 Å². The molecule has 26 heavy (non-hydrogen) atoms. The van der Waals surface area contributed by atoms with Gasteiger partial charge in [0.25, 0.3) is 5.91 Å². The lowest BCUT2D eigenvalue weighted by Crippen LogP contribution is -2.36. The molecule has 1 heterocycles. The standard InChI is InChI=1S/C17H19Cl2N5O2/c1-24(2)15-6-4-12(10-22-15)23-17(26)21-8-7-20-16(25)11-3-5-13(18)14(19)9-11/h3-6,9-10H,7-8H2,1-2H3,(H,20,25)(H2,21,23,26). The molecule has 0 saturated carbocycles. The van der Waals surface area contributed by atoms with Crippen LogP contribution in [0.5, 0.6) is 0 Å². The third-order valence-corrected chi connectivity index (χ3v) is 4.08. The van der Waals surface area contributed by atoms with E-state index in [4.69, 9.17) is 23.2 Å². The van der Waals surface area contributed by atoms with Crippen molar-refractivity contribution in [2.24, 2.45) is 0 Å². The lowest BCUT2D eigenvalue weighted by atomic mass is 10.2. The third-order valence-electron chi connectivity index (χ3n) is 3.34. The first-order chi connectivity index (χ1) is 12.4. The van der Waals surface area contributed by atoms with Gasteiger partial charge in [-0.3, -0.25) is 4.79 Å². The average molecular weight is 396 g/mol. The molecule has 138 valence electrons. The van der Waals surface area contributed by atoms with Crippen molar-refractivity contribution in [2.45, 2.75) is 0 Å². The van der Waals surface area contributed by atoms with Crippen LogP contribution in [0, 0.1) is 0 Å². The normalized spacial score (nSPS) is 10.2. The third kappa shape index (κ3) is 5.79. The number of pyridine rings is 1.